The van der Waals surface area contributed by atoms with Crippen LogP contribution < -0.4 is 4.74 Å². The first-order chi connectivity index (χ1) is 11.1. The van der Waals surface area contributed by atoms with Gasteiger partial charge in [-0.3, -0.25) is 4.90 Å². The van der Waals surface area contributed by atoms with E-state index in [-0.39, 0.29) is 12.1 Å². The molecule has 24 heavy (non-hydrogen) atoms. The highest BCUT2D eigenvalue weighted by molar-refractivity contribution is 5.69. The van der Waals surface area contributed by atoms with Gasteiger partial charge < -0.3 is 14.2 Å². The predicted octanol–water partition coefficient (Wildman–Crippen LogP) is 4.00. The Morgan fingerprint density at radius 3 is 2.71 bits per heavy atom. The van der Waals surface area contributed by atoms with E-state index in [1.54, 1.807) is 12.0 Å². The Hall–Kier alpha value is -1.75. The Morgan fingerprint density at radius 1 is 1.38 bits per heavy atom. The lowest BCUT2D eigenvalue weighted by Gasteiger charge is -2.35. The Balaban J connectivity index is 2.06. The van der Waals surface area contributed by atoms with Crippen LogP contribution in [0.2, 0.25) is 0 Å². The van der Waals surface area contributed by atoms with Crippen molar-refractivity contribution in [2.24, 2.45) is 0 Å². The fourth-order valence-corrected chi connectivity index (χ4v) is 2.94. The maximum Gasteiger partial charge on any atom is 0.412 e. The first-order valence-electron chi connectivity index (χ1n) is 8.41. The maximum absolute atomic E-state index is 12.6. The number of carbonyl (C=O) groups is 1. The van der Waals surface area contributed by atoms with Crippen LogP contribution in [0, 0.1) is 0 Å². The largest absolute Gasteiger partial charge is 0.497 e. The molecule has 0 radical (unpaired) electrons. The number of nitrogens with zero attached hydrogens (tertiary/aromatic N) is 1. The number of amides is 1. The monoisotopic (exact) mass is 335 g/mol. The summed E-state index contributed by atoms with van der Waals surface area (Å²) in [5.74, 6) is 0.847. The van der Waals surface area contributed by atoms with Crippen molar-refractivity contribution in [3.8, 4) is 5.75 Å². The van der Waals surface area contributed by atoms with Gasteiger partial charge in [0.05, 0.1) is 19.8 Å². The van der Waals surface area contributed by atoms with Crippen molar-refractivity contribution in [2.45, 2.75) is 64.8 Å². The molecule has 1 aliphatic rings. The van der Waals surface area contributed by atoms with Gasteiger partial charge in [-0.15, -0.1) is 0 Å². The molecule has 0 saturated carbocycles. The zero-order valence-electron chi connectivity index (χ0n) is 15.6. The fraction of sp³-hybridized carbons (Fsp3) is 0.632. The lowest BCUT2D eigenvalue weighted by Crippen LogP contribution is -2.49. The quantitative estimate of drug-likeness (QED) is 0.834. The third kappa shape index (κ3) is 4.63. The third-order valence-electron chi connectivity index (χ3n) is 4.06. The van der Waals surface area contributed by atoms with E-state index in [9.17, 15) is 4.79 Å². The van der Waals surface area contributed by atoms with Crippen LogP contribution in [0.15, 0.2) is 24.3 Å². The highest BCUT2D eigenvalue weighted by Gasteiger charge is 2.45. The molecule has 1 fully saturated rings. The Kier molecular flexibility index (Phi) is 5.43. The molecular formula is C19H29NO4. The minimum absolute atomic E-state index is 0.000973. The lowest BCUT2D eigenvalue weighted by molar-refractivity contribution is -0.0626. The van der Waals surface area contributed by atoms with E-state index < -0.39 is 11.3 Å². The van der Waals surface area contributed by atoms with Crippen molar-refractivity contribution in [3.63, 3.8) is 0 Å². The highest BCUT2D eigenvalue weighted by Crippen LogP contribution is 2.31. The van der Waals surface area contributed by atoms with Crippen molar-refractivity contribution < 1.29 is 19.0 Å². The normalized spacial score (nSPS) is 20.1. The summed E-state index contributed by atoms with van der Waals surface area (Å²) in [4.78, 5) is 14.3. The van der Waals surface area contributed by atoms with Gasteiger partial charge in [-0.2, -0.15) is 0 Å². The number of rotatable bonds is 4. The maximum atomic E-state index is 12.6. The van der Waals surface area contributed by atoms with Crippen LogP contribution in [-0.2, 0) is 15.9 Å². The molecule has 1 aliphatic heterocycles. The molecule has 0 N–H and O–H groups in total. The van der Waals surface area contributed by atoms with Crippen LogP contribution >= 0.6 is 0 Å². The molecule has 0 bridgehead atoms. The van der Waals surface area contributed by atoms with Crippen LogP contribution in [-0.4, -0.2) is 42.1 Å². The number of aryl methyl sites for hydroxylation is 1. The summed E-state index contributed by atoms with van der Waals surface area (Å²) in [6, 6.07) is 8.01. The molecular weight excluding hydrogens is 306 g/mol. The Labute approximate surface area is 144 Å². The van der Waals surface area contributed by atoms with Crippen molar-refractivity contribution in [1.82, 2.24) is 4.90 Å². The average molecular weight is 335 g/mol. The zero-order chi connectivity index (χ0) is 18.0. The van der Waals surface area contributed by atoms with Gasteiger partial charge in [0.2, 0.25) is 0 Å². The van der Waals surface area contributed by atoms with Gasteiger partial charge in [-0.05, 0) is 65.2 Å². The van der Waals surface area contributed by atoms with E-state index in [1.807, 2.05) is 52.8 Å². The standard InChI is InChI=1S/C19H29NO4/c1-18(2,3)24-17(21)20-15(13-23-19(20,4)5)11-10-14-8-7-9-16(12-14)22-6/h7-9,12,15H,10-11,13H2,1-6H3/t15-/m1/s1. The minimum Gasteiger partial charge on any atom is -0.497 e. The number of benzene rings is 1. The van der Waals surface area contributed by atoms with E-state index in [0.717, 1.165) is 18.6 Å². The van der Waals surface area contributed by atoms with E-state index in [2.05, 4.69) is 6.07 Å². The summed E-state index contributed by atoms with van der Waals surface area (Å²) in [6.07, 6.45) is 1.34. The summed E-state index contributed by atoms with van der Waals surface area (Å²) in [7, 11) is 1.66. The number of carbonyl (C=O) groups excluding carboxylic acids is 1. The van der Waals surface area contributed by atoms with Crippen LogP contribution in [0.25, 0.3) is 0 Å². The summed E-state index contributed by atoms with van der Waals surface area (Å²) < 4.78 is 16.7. The highest BCUT2D eigenvalue weighted by atomic mass is 16.6. The van der Waals surface area contributed by atoms with E-state index in [0.29, 0.717) is 6.61 Å². The molecule has 0 aliphatic carbocycles. The smallest absolute Gasteiger partial charge is 0.412 e. The molecule has 0 aromatic heterocycles. The van der Waals surface area contributed by atoms with Crippen molar-refractivity contribution in [2.75, 3.05) is 13.7 Å². The van der Waals surface area contributed by atoms with Crippen molar-refractivity contribution in [3.05, 3.63) is 29.8 Å². The topological polar surface area (TPSA) is 48.0 Å². The molecule has 1 heterocycles. The molecule has 1 saturated heterocycles. The van der Waals surface area contributed by atoms with Gasteiger partial charge in [-0.25, -0.2) is 4.79 Å². The molecule has 1 amide bonds. The van der Waals surface area contributed by atoms with Gasteiger partial charge in [0.15, 0.2) is 0 Å². The van der Waals surface area contributed by atoms with Gasteiger partial charge in [0.1, 0.15) is 17.1 Å². The lowest BCUT2D eigenvalue weighted by atomic mass is 10.0. The van der Waals surface area contributed by atoms with Crippen LogP contribution in [0.4, 0.5) is 4.79 Å². The second-order valence-corrected chi connectivity index (χ2v) is 7.65. The molecule has 1 atom stereocenters. The van der Waals surface area contributed by atoms with Crippen LogP contribution in [0.1, 0.15) is 46.6 Å². The minimum atomic E-state index is -0.651. The molecule has 2 rings (SSSR count). The SMILES string of the molecule is COc1cccc(CC[C@@H]2COC(C)(C)N2C(=O)OC(C)(C)C)c1. The summed E-state index contributed by atoms with van der Waals surface area (Å²) in [6.45, 7) is 9.96. The third-order valence-corrected chi connectivity index (χ3v) is 4.06. The molecule has 5 heteroatoms. The molecule has 0 unspecified atom stereocenters. The number of hydrogen-bond donors (Lipinski definition) is 0. The van der Waals surface area contributed by atoms with Gasteiger partial charge in [0.25, 0.3) is 0 Å². The average Bonchev–Trinajstić information content (AvgIpc) is 2.78. The van der Waals surface area contributed by atoms with Gasteiger partial charge in [0, 0.05) is 0 Å². The molecule has 134 valence electrons. The van der Waals surface area contributed by atoms with Gasteiger partial charge >= 0.3 is 6.09 Å². The fourth-order valence-electron chi connectivity index (χ4n) is 2.94. The number of hydrogen-bond acceptors (Lipinski definition) is 4. The summed E-state index contributed by atoms with van der Waals surface area (Å²) >= 11 is 0. The second-order valence-electron chi connectivity index (χ2n) is 7.65. The molecule has 5 nitrogen and oxygen atoms in total. The number of methoxy groups -OCH3 is 1. The van der Waals surface area contributed by atoms with E-state index in [1.165, 1.54) is 5.56 Å². The van der Waals surface area contributed by atoms with Crippen molar-refractivity contribution >= 4 is 6.09 Å². The van der Waals surface area contributed by atoms with E-state index >= 15 is 0 Å². The van der Waals surface area contributed by atoms with Crippen molar-refractivity contribution in [1.29, 1.82) is 0 Å². The molecule has 1 aromatic carbocycles. The molecule has 1 aromatic rings. The second kappa shape index (κ2) is 7.01. The molecule has 0 spiro atoms. The van der Waals surface area contributed by atoms with Crippen LogP contribution in [0.3, 0.4) is 0 Å². The van der Waals surface area contributed by atoms with E-state index in [4.69, 9.17) is 14.2 Å². The van der Waals surface area contributed by atoms with Gasteiger partial charge in [-0.1, -0.05) is 12.1 Å². The number of ether oxygens (including phenoxy) is 3. The van der Waals surface area contributed by atoms with Crippen LogP contribution in [0.5, 0.6) is 5.75 Å². The Morgan fingerprint density at radius 2 is 2.08 bits per heavy atom. The zero-order valence-corrected chi connectivity index (χ0v) is 15.6. The first kappa shape index (κ1) is 18.6. The first-order valence-corrected chi connectivity index (χ1v) is 8.41. The summed E-state index contributed by atoms with van der Waals surface area (Å²) in [5, 5.41) is 0. The summed E-state index contributed by atoms with van der Waals surface area (Å²) in [5.41, 5.74) is 0.0114. The predicted molar refractivity (Wildman–Crippen MR) is 93.2 cm³/mol. The Bertz CT molecular complexity index is 577.